The highest BCUT2D eigenvalue weighted by Gasteiger charge is 2.18. The second kappa shape index (κ2) is 6.74. The summed E-state index contributed by atoms with van der Waals surface area (Å²) in [6, 6.07) is 9.74. The maximum atomic E-state index is 5.75. The maximum Gasteiger partial charge on any atom is 0.247 e. The molecular weight excluding hydrogens is 298 g/mol. The predicted molar refractivity (Wildman–Crippen MR) is 84.4 cm³/mol. The van der Waals surface area contributed by atoms with E-state index in [0.29, 0.717) is 16.9 Å². The highest BCUT2D eigenvalue weighted by molar-refractivity contribution is 7.99. The summed E-state index contributed by atoms with van der Waals surface area (Å²) in [7, 11) is 0. The van der Waals surface area contributed by atoms with Gasteiger partial charge in [-0.1, -0.05) is 36.9 Å². The molecule has 1 unspecified atom stereocenters. The normalized spacial score (nSPS) is 12.5. The van der Waals surface area contributed by atoms with E-state index in [4.69, 9.17) is 4.42 Å². The molecule has 3 aromatic rings. The van der Waals surface area contributed by atoms with Crippen LogP contribution in [0.4, 0.5) is 0 Å². The Morgan fingerprint density at radius 3 is 2.82 bits per heavy atom. The zero-order valence-corrected chi connectivity index (χ0v) is 13.3. The monoisotopic (exact) mass is 315 g/mol. The lowest BCUT2D eigenvalue weighted by atomic mass is 10.2. The molecule has 0 fully saturated rings. The van der Waals surface area contributed by atoms with Crippen LogP contribution in [0.5, 0.6) is 0 Å². The molecular formula is C15H17N5OS. The van der Waals surface area contributed by atoms with Crippen molar-refractivity contribution >= 4 is 11.8 Å². The van der Waals surface area contributed by atoms with Crippen molar-refractivity contribution in [2.45, 2.75) is 37.1 Å². The van der Waals surface area contributed by atoms with Crippen molar-refractivity contribution in [3.8, 4) is 11.5 Å². The number of nitrogens with zero attached hydrogens (tertiary/aromatic N) is 4. The first-order valence-electron chi connectivity index (χ1n) is 7.23. The lowest BCUT2D eigenvalue weighted by Crippen LogP contribution is -1.90. The van der Waals surface area contributed by atoms with E-state index in [0.717, 1.165) is 24.2 Å². The van der Waals surface area contributed by atoms with Gasteiger partial charge in [0, 0.05) is 12.0 Å². The van der Waals surface area contributed by atoms with Gasteiger partial charge in [0.25, 0.3) is 0 Å². The van der Waals surface area contributed by atoms with E-state index in [1.165, 1.54) is 11.8 Å². The molecule has 0 radical (unpaired) electrons. The fraction of sp³-hybridized carbons (Fsp3) is 0.333. The van der Waals surface area contributed by atoms with Crippen LogP contribution in [-0.2, 0) is 6.42 Å². The summed E-state index contributed by atoms with van der Waals surface area (Å²) in [5.41, 5.74) is 0.918. The van der Waals surface area contributed by atoms with Gasteiger partial charge in [0.05, 0.1) is 5.25 Å². The lowest BCUT2D eigenvalue weighted by molar-refractivity contribution is 0.509. The summed E-state index contributed by atoms with van der Waals surface area (Å²) in [4.78, 5) is 4.44. The van der Waals surface area contributed by atoms with Crippen LogP contribution < -0.4 is 0 Å². The SMILES string of the molecule is CCCc1nc(SC(C)c2nnc(-c3ccccc3)o2)n[nH]1. The van der Waals surface area contributed by atoms with Crippen molar-refractivity contribution in [2.75, 3.05) is 0 Å². The van der Waals surface area contributed by atoms with Crippen LogP contribution in [0.25, 0.3) is 11.5 Å². The fourth-order valence-electron chi connectivity index (χ4n) is 1.98. The van der Waals surface area contributed by atoms with Gasteiger partial charge in [0.2, 0.25) is 16.9 Å². The second-order valence-electron chi connectivity index (χ2n) is 4.89. The van der Waals surface area contributed by atoms with Gasteiger partial charge in [-0.05, 0) is 25.5 Å². The predicted octanol–water partition coefficient (Wildman–Crippen LogP) is 3.66. The van der Waals surface area contributed by atoms with E-state index in [1.807, 2.05) is 37.3 Å². The molecule has 0 saturated carbocycles. The van der Waals surface area contributed by atoms with Crippen LogP contribution in [0.1, 0.15) is 37.2 Å². The molecule has 6 nitrogen and oxygen atoms in total. The summed E-state index contributed by atoms with van der Waals surface area (Å²) in [6.45, 7) is 4.12. The Labute approximate surface area is 132 Å². The van der Waals surface area contributed by atoms with E-state index >= 15 is 0 Å². The number of hydrogen-bond acceptors (Lipinski definition) is 6. The molecule has 2 heterocycles. The number of aromatic nitrogens is 5. The molecule has 0 spiro atoms. The summed E-state index contributed by atoms with van der Waals surface area (Å²) < 4.78 is 5.75. The smallest absolute Gasteiger partial charge is 0.247 e. The Kier molecular flexibility index (Phi) is 4.53. The standard InChI is InChI=1S/C15H17N5OS/c1-3-7-12-16-15(20-17-12)22-10(2)13-18-19-14(21-13)11-8-5-4-6-9-11/h4-6,8-10H,3,7H2,1-2H3,(H,16,17,20). The van der Waals surface area contributed by atoms with E-state index in [-0.39, 0.29) is 5.25 Å². The van der Waals surface area contributed by atoms with Crippen LogP contribution >= 0.6 is 11.8 Å². The van der Waals surface area contributed by atoms with Crippen LogP contribution in [-0.4, -0.2) is 25.4 Å². The highest BCUT2D eigenvalue weighted by atomic mass is 32.2. The third-order valence-corrected chi connectivity index (χ3v) is 4.04. The highest BCUT2D eigenvalue weighted by Crippen LogP contribution is 2.33. The van der Waals surface area contributed by atoms with Gasteiger partial charge in [-0.25, -0.2) is 4.98 Å². The molecule has 3 rings (SSSR count). The molecule has 0 aliphatic heterocycles. The Morgan fingerprint density at radius 2 is 2.05 bits per heavy atom. The third-order valence-electron chi connectivity index (χ3n) is 3.09. The first kappa shape index (κ1) is 14.8. The van der Waals surface area contributed by atoms with Gasteiger partial charge < -0.3 is 4.42 Å². The number of nitrogens with one attached hydrogen (secondary N) is 1. The molecule has 0 amide bonds. The molecule has 7 heteroatoms. The van der Waals surface area contributed by atoms with E-state index in [2.05, 4.69) is 32.3 Å². The van der Waals surface area contributed by atoms with Gasteiger partial charge in [-0.15, -0.1) is 15.3 Å². The number of aryl methyl sites for hydroxylation is 1. The average Bonchev–Trinajstić information content (AvgIpc) is 3.18. The minimum Gasteiger partial charge on any atom is -0.419 e. The van der Waals surface area contributed by atoms with Crippen molar-refractivity contribution in [1.82, 2.24) is 25.4 Å². The first-order chi connectivity index (χ1) is 10.8. The van der Waals surface area contributed by atoms with E-state index in [9.17, 15) is 0 Å². The van der Waals surface area contributed by atoms with Crippen molar-refractivity contribution in [3.05, 3.63) is 42.0 Å². The molecule has 0 saturated heterocycles. The molecule has 0 aliphatic rings. The summed E-state index contributed by atoms with van der Waals surface area (Å²) in [5.74, 6) is 2.02. The van der Waals surface area contributed by atoms with Crippen molar-refractivity contribution < 1.29 is 4.42 Å². The number of rotatable bonds is 6. The molecule has 22 heavy (non-hydrogen) atoms. The van der Waals surface area contributed by atoms with Gasteiger partial charge in [-0.2, -0.15) is 0 Å². The van der Waals surface area contributed by atoms with Gasteiger partial charge in [0.15, 0.2) is 0 Å². The van der Waals surface area contributed by atoms with Crippen molar-refractivity contribution in [2.24, 2.45) is 0 Å². The topological polar surface area (TPSA) is 80.5 Å². The largest absolute Gasteiger partial charge is 0.419 e. The first-order valence-corrected chi connectivity index (χ1v) is 8.11. The molecule has 2 aromatic heterocycles. The number of H-pyrrole nitrogens is 1. The maximum absolute atomic E-state index is 5.75. The Hall–Kier alpha value is -2.15. The zero-order chi connectivity index (χ0) is 15.4. The van der Waals surface area contributed by atoms with Gasteiger partial charge in [0.1, 0.15) is 5.82 Å². The van der Waals surface area contributed by atoms with Crippen molar-refractivity contribution in [1.29, 1.82) is 0 Å². The van der Waals surface area contributed by atoms with Crippen LogP contribution in [0.2, 0.25) is 0 Å². The summed E-state index contributed by atoms with van der Waals surface area (Å²) in [6.07, 6.45) is 1.94. The zero-order valence-electron chi connectivity index (χ0n) is 12.5. The minimum atomic E-state index is -0.00441. The molecule has 114 valence electrons. The Balaban J connectivity index is 1.70. The van der Waals surface area contributed by atoms with Gasteiger partial charge >= 0.3 is 0 Å². The van der Waals surface area contributed by atoms with Crippen molar-refractivity contribution in [3.63, 3.8) is 0 Å². The number of benzene rings is 1. The van der Waals surface area contributed by atoms with Crippen LogP contribution in [0.15, 0.2) is 39.9 Å². The molecule has 0 aliphatic carbocycles. The fourth-order valence-corrected chi connectivity index (χ4v) is 2.76. The quantitative estimate of drug-likeness (QED) is 0.699. The molecule has 1 atom stereocenters. The summed E-state index contributed by atoms with van der Waals surface area (Å²) >= 11 is 1.50. The molecule has 0 bridgehead atoms. The van der Waals surface area contributed by atoms with Gasteiger partial charge in [-0.3, -0.25) is 5.10 Å². The Bertz CT molecular complexity index is 724. The Morgan fingerprint density at radius 1 is 1.23 bits per heavy atom. The summed E-state index contributed by atoms with van der Waals surface area (Å²) in [5, 5.41) is 16.1. The second-order valence-corrected chi connectivity index (χ2v) is 6.19. The minimum absolute atomic E-state index is 0.00441. The average molecular weight is 315 g/mol. The number of aromatic amines is 1. The lowest BCUT2D eigenvalue weighted by Gasteiger charge is -2.01. The van der Waals surface area contributed by atoms with Crippen LogP contribution in [0, 0.1) is 0 Å². The number of hydrogen-bond donors (Lipinski definition) is 1. The third kappa shape index (κ3) is 3.36. The van der Waals surface area contributed by atoms with Crippen LogP contribution in [0.3, 0.4) is 0 Å². The van der Waals surface area contributed by atoms with E-state index in [1.54, 1.807) is 0 Å². The van der Waals surface area contributed by atoms with E-state index < -0.39 is 0 Å². The number of thioether (sulfide) groups is 1. The molecule has 1 aromatic carbocycles. The molecule has 1 N–H and O–H groups in total.